The van der Waals surface area contributed by atoms with Gasteiger partial charge >= 0.3 is 6.09 Å². The Morgan fingerprint density at radius 1 is 1.07 bits per heavy atom. The largest absolute Gasteiger partial charge is 0.444 e. The van der Waals surface area contributed by atoms with Crippen LogP contribution in [0.1, 0.15) is 80.5 Å². The van der Waals surface area contributed by atoms with Crippen LogP contribution in [-0.4, -0.2) is 57.4 Å². The summed E-state index contributed by atoms with van der Waals surface area (Å²) in [6.45, 7) is 4.80. The molecule has 2 aliphatic rings. The Kier molecular flexibility index (Phi) is 8.74. The van der Waals surface area contributed by atoms with Crippen molar-refractivity contribution in [2.45, 2.75) is 82.8 Å². The standard InChI is InChI=1S/C31H35F2N5O5/c1-31(2,3)43-30(41)34-16-26-37-36-25(42-26)15-27(39)38-17-21(32)14-24(38)29(40)35-28(19-7-5-4-6-8-19)20-11-12-22(18-9-10-18)23(33)13-20/h4-8,11-13,18,21,24,28H,9-10,14-17H2,1-3H3,(H,34,41)(H,35,40)/t21-,24+,28+/m1/s1. The highest BCUT2D eigenvalue weighted by atomic mass is 19.1. The predicted molar refractivity (Wildman–Crippen MR) is 151 cm³/mol. The summed E-state index contributed by atoms with van der Waals surface area (Å²) in [4.78, 5) is 39.8. The van der Waals surface area contributed by atoms with Crippen LogP contribution in [0.25, 0.3) is 0 Å². The Morgan fingerprint density at radius 2 is 1.79 bits per heavy atom. The first-order chi connectivity index (χ1) is 20.5. The molecule has 10 nitrogen and oxygen atoms in total. The number of likely N-dealkylation sites (tertiary alicyclic amines) is 1. The number of benzene rings is 2. The smallest absolute Gasteiger partial charge is 0.408 e. The van der Waals surface area contributed by atoms with Gasteiger partial charge in [0.15, 0.2) is 0 Å². The summed E-state index contributed by atoms with van der Waals surface area (Å²) >= 11 is 0. The monoisotopic (exact) mass is 595 g/mol. The van der Waals surface area contributed by atoms with Gasteiger partial charge in [0, 0.05) is 6.42 Å². The lowest BCUT2D eigenvalue weighted by molar-refractivity contribution is -0.138. The second-order valence-corrected chi connectivity index (χ2v) is 11.9. The van der Waals surface area contributed by atoms with E-state index in [0.717, 1.165) is 18.4 Å². The number of amides is 3. The van der Waals surface area contributed by atoms with Gasteiger partial charge in [-0.05, 0) is 62.3 Å². The summed E-state index contributed by atoms with van der Waals surface area (Å²) in [6.07, 6.45) is -0.688. The number of rotatable bonds is 9. The van der Waals surface area contributed by atoms with E-state index in [2.05, 4.69) is 20.8 Å². The molecule has 1 aliphatic carbocycles. The first-order valence-electron chi connectivity index (χ1n) is 14.3. The molecule has 1 aromatic heterocycles. The number of nitrogens with one attached hydrogen (secondary N) is 2. The number of alkyl halides is 1. The van der Waals surface area contributed by atoms with Crippen molar-refractivity contribution < 1.29 is 32.3 Å². The molecule has 2 heterocycles. The molecule has 2 aromatic carbocycles. The number of aromatic nitrogens is 2. The fraction of sp³-hybridized carbons (Fsp3) is 0.452. The van der Waals surface area contributed by atoms with Gasteiger partial charge in [0.2, 0.25) is 23.6 Å². The highest BCUT2D eigenvalue weighted by molar-refractivity contribution is 5.89. The second kappa shape index (κ2) is 12.5. The Morgan fingerprint density at radius 3 is 2.47 bits per heavy atom. The van der Waals surface area contributed by atoms with Crippen LogP contribution < -0.4 is 10.6 Å². The summed E-state index contributed by atoms with van der Waals surface area (Å²) in [5.41, 5.74) is 1.26. The van der Waals surface area contributed by atoms with E-state index in [1.165, 1.54) is 11.0 Å². The summed E-state index contributed by atoms with van der Waals surface area (Å²) in [6, 6.07) is 12.3. The number of halogens is 2. The van der Waals surface area contributed by atoms with Crippen LogP contribution in [-0.2, 0) is 27.3 Å². The van der Waals surface area contributed by atoms with Gasteiger partial charge in [0.25, 0.3) is 0 Å². The van der Waals surface area contributed by atoms with Crippen molar-refractivity contribution >= 4 is 17.9 Å². The SMILES string of the molecule is CC(C)(C)OC(=O)NCc1nnc(CC(=O)N2C[C@H](F)C[C@H]2C(=O)N[C@@H](c2ccccc2)c2ccc(C3CC3)c(F)c2)o1. The number of carbonyl (C=O) groups excluding carboxylic acids is 3. The molecule has 2 N–H and O–H groups in total. The first-order valence-corrected chi connectivity index (χ1v) is 14.3. The molecule has 1 saturated carbocycles. The average molecular weight is 596 g/mol. The Bertz CT molecular complexity index is 1470. The van der Waals surface area contributed by atoms with Crippen LogP contribution >= 0.6 is 0 Å². The molecular weight excluding hydrogens is 560 g/mol. The van der Waals surface area contributed by atoms with Crippen molar-refractivity contribution in [3.05, 3.63) is 82.8 Å². The number of hydrogen-bond donors (Lipinski definition) is 2. The molecule has 5 rings (SSSR count). The van der Waals surface area contributed by atoms with Crippen molar-refractivity contribution in [1.29, 1.82) is 0 Å². The molecule has 2 fully saturated rings. The third-order valence-corrected chi connectivity index (χ3v) is 7.26. The van der Waals surface area contributed by atoms with E-state index in [0.29, 0.717) is 11.1 Å². The molecule has 0 spiro atoms. The number of carbonyl (C=O) groups is 3. The molecule has 0 radical (unpaired) electrons. The van der Waals surface area contributed by atoms with E-state index in [1.54, 1.807) is 32.9 Å². The van der Waals surface area contributed by atoms with Crippen LogP contribution in [0.4, 0.5) is 13.6 Å². The van der Waals surface area contributed by atoms with Crippen molar-refractivity contribution in [3.8, 4) is 0 Å². The number of nitrogens with zero attached hydrogens (tertiary/aromatic N) is 3. The van der Waals surface area contributed by atoms with Gasteiger partial charge in [-0.1, -0.05) is 42.5 Å². The van der Waals surface area contributed by atoms with Crippen molar-refractivity contribution in [2.24, 2.45) is 0 Å². The summed E-state index contributed by atoms with van der Waals surface area (Å²) in [5.74, 6) is -1.20. The van der Waals surface area contributed by atoms with Gasteiger partial charge in [-0.3, -0.25) is 9.59 Å². The first kappa shape index (κ1) is 30.1. The van der Waals surface area contributed by atoms with Crippen LogP contribution in [0.5, 0.6) is 0 Å². The molecule has 43 heavy (non-hydrogen) atoms. The molecule has 3 amide bonds. The van der Waals surface area contributed by atoms with Crippen LogP contribution in [0.15, 0.2) is 52.9 Å². The van der Waals surface area contributed by atoms with E-state index in [-0.39, 0.29) is 49.4 Å². The van der Waals surface area contributed by atoms with E-state index in [1.807, 2.05) is 30.3 Å². The zero-order valence-electron chi connectivity index (χ0n) is 24.3. The molecule has 3 aromatic rings. The molecule has 12 heteroatoms. The zero-order valence-corrected chi connectivity index (χ0v) is 24.3. The molecule has 228 valence electrons. The summed E-state index contributed by atoms with van der Waals surface area (Å²) in [7, 11) is 0. The van der Waals surface area contributed by atoms with Crippen LogP contribution in [0.2, 0.25) is 0 Å². The van der Waals surface area contributed by atoms with Gasteiger partial charge in [-0.15, -0.1) is 10.2 Å². The van der Waals surface area contributed by atoms with Crippen molar-refractivity contribution in [2.75, 3.05) is 6.54 Å². The lowest BCUT2D eigenvalue weighted by Crippen LogP contribution is -2.47. The molecule has 1 saturated heterocycles. The second-order valence-electron chi connectivity index (χ2n) is 11.9. The minimum atomic E-state index is -1.40. The molecule has 1 aliphatic heterocycles. The topological polar surface area (TPSA) is 127 Å². The van der Waals surface area contributed by atoms with Crippen LogP contribution in [0, 0.1) is 5.82 Å². The molecule has 3 atom stereocenters. The van der Waals surface area contributed by atoms with Crippen molar-refractivity contribution in [1.82, 2.24) is 25.7 Å². The fourth-order valence-electron chi connectivity index (χ4n) is 5.12. The Labute approximate surface area is 248 Å². The lowest BCUT2D eigenvalue weighted by Gasteiger charge is -2.27. The van der Waals surface area contributed by atoms with Crippen LogP contribution in [0.3, 0.4) is 0 Å². The highest BCUT2D eigenvalue weighted by Crippen LogP contribution is 2.42. The predicted octanol–water partition coefficient (Wildman–Crippen LogP) is 4.50. The maximum absolute atomic E-state index is 15.0. The summed E-state index contributed by atoms with van der Waals surface area (Å²) < 4.78 is 40.2. The average Bonchev–Trinajstić information content (AvgIpc) is 3.56. The summed E-state index contributed by atoms with van der Waals surface area (Å²) in [5, 5.41) is 13.1. The Hall–Kier alpha value is -4.35. The maximum atomic E-state index is 15.0. The molecule has 0 bridgehead atoms. The quantitative estimate of drug-likeness (QED) is 0.373. The van der Waals surface area contributed by atoms with Gasteiger partial charge in [-0.25, -0.2) is 13.6 Å². The van der Waals surface area contributed by atoms with E-state index >= 15 is 0 Å². The van der Waals surface area contributed by atoms with Gasteiger partial charge in [0.05, 0.1) is 19.1 Å². The number of alkyl carbamates (subject to hydrolysis) is 1. The van der Waals surface area contributed by atoms with E-state index < -0.39 is 41.8 Å². The van der Waals surface area contributed by atoms with E-state index in [9.17, 15) is 23.2 Å². The molecule has 0 unspecified atom stereocenters. The molecular formula is C31H35F2N5O5. The minimum Gasteiger partial charge on any atom is -0.444 e. The minimum absolute atomic E-state index is 0.0409. The fourth-order valence-corrected chi connectivity index (χ4v) is 5.12. The highest BCUT2D eigenvalue weighted by Gasteiger charge is 2.41. The maximum Gasteiger partial charge on any atom is 0.408 e. The van der Waals surface area contributed by atoms with Crippen molar-refractivity contribution in [3.63, 3.8) is 0 Å². The van der Waals surface area contributed by atoms with E-state index in [4.69, 9.17) is 9.15 Å². The normalized spacial score (nSPS) is 19.1. The van der Waals surface area contributed by atoms with Gasteiger partial charge in [0.1, 0.15) is 30.1 Å². The number of ether oxygens (including phenoxy) is 1. The number of hydrogen-bond acceptors (Lipinski definition) is 7. The Balaban J connectivity index is 1.26. The van der Waals surface area contributed by atoms with Gasteiger partial charge in [-0.2, -0.15) is 0 Å². The zero-order chi connectivity index (χ0) is 30.7. The third-order valence-electron chi connectivity index (χ3n) is 7.26. The lowest BCUT2D eigenvalue weighted by atomic mass is 9.96. The van der Waals surface area contributed by atoms with Gasteiger partial charge < -0.3 is 24.7 Å². The third kappa shape index (κ3) is 7.74.